The summed E-state index contributed by atoms with van der Waals surface area (Å²) in [5.41, 5.74) is 0.709. The van der Waals surface area contributed by atoms with Crippen molar-refractivity contribution in [1.82, 2.24) is 0 Å². The highest BCUT2D eigenvalue weighted by Gasteiger charge is 2.31. The second kappa shape index (κ2) is 5.10. The van der Waals surface area contributed by atoms with E-state index in [0.717, 1.165) is 0 Å². The molecular weight excluding hydrogens is 240 g/mol. The number of pyridine rings is 1. The first-order chi connectivity index (χ1) is 7.61. The molecule has 2 rings (SSSR count). The highest BCUT2D eigenvalue weighted by atomic mass is 35.5. The molecule has 1 N–H and O–H groups in total. The molecule has 90 valence electrons. The van der Waals surface area contributed by atoms with Crippen LogP contribution in [-0.4, -0.2) is 16.7 Å². The van der Waals surface area contributed by atoms with Crippen LogP contribution >= 0.6 is 0 Å². The lowest BCUT2D eigenvalue weighted by Gasteiger charge is -2.08. The van der Waals surface area contributed by atoms with Crippen LogP contribution in [0.25, 0.3) is 0 Å². The fraction of sp³-hybridized carbons (Fsp3) is 0.250. The van der Waals surface area contributed by atoms with Crippen molar-refractivity contribution in [3.8, 4) is 5.88 Å². The summed E-state index contributed by atoms with van der Waals surface area (Å²) in [5.74, 6) is 0.0293. The molecule has 2 heterocycles. The van der Waals surface area contributed by atoms with Gasteiger partial charge in [0.05, 0.1) is 6.20 Å². The fourth-order valence-corrected chi connectivity index (χ4v) is 1.56. The number of aliphatic imine (C=N–C) groups is 1. The van der Waals surface area contributed by atoms with Crippen LogP contribution in [0.2, 0.25) is 0 Å². The van der Waals surface area contributed by atoms with Crippen molar-refractivity contribution in [2.45, 2.75) is 13.8 Å². The number of hydrogen-bond donors (Lipinski definition) is 1. The summed E-state index contributed by atoms with van der Waals surface area (Å²) in [5, 5.41) is 9.86. The van der Waals surface area contributed by atoms with Gasteiger partial charge >= 0.3 is 5.84 Å². The van der Waals surface area contributed by atoms with E-state index in [0.29, 0.717) is 5.56 Å². The molecule has 4 nitrogen and oxygen atoms in total. The zero-order chi connectivity index (χ0) is 11.7. The molecule has 0 bridgehead atoms. The van der Waals surface area contributed by atoms with Gasteiger partial charge in [0.25, 0.3) is 11.7 Å². The van der Waals surface area contributed by atoms with Gasteiger partial charge in [-0.05, 0) is 30.1 Å². The van der Waals surface area contributed by atoms with Crippen molar-refractivity contribution in [3.63, 3.8) is 0 Å². The molecule has 1 aliphatic heterocycles. The van der Waals surface area contributed by atoms with Gasteiger partial charge in [-0.25, -0.2) is 0 Å². The molecule has 0 aliphatic carbocycles. The number of allylic oxidation sites excluding steroid dienone is 1. The van der Waals surface area contributed by atoms with Crippen molar-refractivity contribution in [3.05, 3.63) is 36.2 Å². The van der Waals surface area contributed by atoms with Gasteiger partial charge in [-0.15, -0.1) is 0 Å². The van der Waals surface area contributed by atoms with Crippen molar-refractivity contribution >= 4 is 11.6 Å². The number of ketones is 1. The zero-order valence-corrected chi connectivity index (χ0v) is 10.3. The largest absolute Gasteiger partial charge is 1.00 e. The molecule has 0 spiro atoms. The molecule has 5 heteroatoms. The molecule has 0 saturated heterocycles. The van der Waals surface area contributed by atoms with Gasteiger partial charge in [-0.1, -0.05) is 6.92 Å². The summed E-state index contributed by atoms with van der Waals surface area (Å²) in [7, 11) is 0. The molecule has 0 saturated carbocycles. The molecule has 0 radical (unpaired) electrons. The molecule has 1 unspecified atom stereocenters. The second-order valence-electron chi connectivity index (χ2n) is 3.83. The Kier molecular flexibility index (Phi) is 4.02. The first kappa shape index (κ1) is 13.4. The number of Topliss-reactive ketones (excluding diaryl/α,β-unsaturated/α-hetero) is 1. The van der Waals surface area contributed by atoms with Crippen LogP contribution in [0.1, 0.15) is 12.5 Å². The molecule has 0 aromatic carbocycles. The maximum absolute atomic E-state index is 11.9. The Bertz CT molecular complexity index is 509. The van der Waals surface area contributed by atoms with Gasteiger partial charge in [-0.3, -0.25) is 4.79 Å². The summed E-state index contributed by atoms with van der Waals surface area (Å²) in [6, 6.07) is 3.55. The molecule has 1 aromatic rings. The number of rotatable bonds is 0. The van der Waals surface area contributed by atoms with Gasteiger partial charge < -0.3 is 17.5 Å². The van der Waals surface area contributed by atoms with Crippen molar-refractivity contribution in [1.29, 1.82) is 0 Å². The highest BCUT2D eigenvalue weighted by molar-refractivity contribution is 6.36. The topological polar surface area (TPSA) is 53.5 Å². The van der Waals surface area contributed by atoms with Crippen LogP contribution in [-0.2, 0) is 4.79 Å². The molecule has 1 aromatic heterocycles. The fourth-order valence-electron chi connectivity index (χ4n) is 1.56. The van der Waals surface area contributed by atoms with Crippen LogP contribution in [0.4, 0.5) is 0 Å². The Morgan fingerprint density at radius 1 is 1.47 bits per heavy atom. The monoisotopic (exact) mass is 252 g/mol. The zero-order valence-electron chi connectivity index (χ0n) is 9.59. The molecule has 0 fully saturated rings. The van der Waals surface area contributed by atoms with Crippen molar-refractivity contribution in [2.75, 3.05) is 0 Å². The summed E-state index contributed by atoms with van der Waals surface area (Å²) in [4.78, 5) is 15.9. The number of aryl methyl sites for hydroxylation is 1. The van der Waals surface area contributed by atoms with E-state index in [9.17, 15) is 9.90 Å². The molecule has 1 aliphatic rings. The standard InChI is InChI=1S/C12H12N2O2.ClH/c1-8-5-6-13-11(10(8)15)14-7-3-4-9(2)12(14)16;/h3-8H,1-2H3;1H. The number of aromatic hydroxyl groups is 1. The maximum Gasteiger partial charge on any atom is 0.374 e. The van der Waals surface area contributed by atoms with Gasteiger partial charge in [-0.2, -0.15) is 4.57 Å². The average molecular weight is 253 g/mol. The quantitative estimate of drug-likeness (QED) is 0.542. The predicted molar refractivity (Wildman–Crippen MR) is 59.2 cm³/mol. The lowest BCUT2D eigenvalue weighted by Crippen LogP contribution is -3.00. The predicted octanol–water partition coefficient (Wildman–Crippen LogP) is -2.03. The Balaban J connectivity index is 0.00000144. The number of carbonyl (C=O) groups is 1. The third-order valence-corrected chi connectivity index (χ3v) is 2.60. The minimum atomic E-state index is -0.195. The normalized spacial score (nSPS) is 18.6. The summed E-state index contributed by atoms with van der Waals surface area (Å²) in [6.07, 6.45) is 4.96. The van der Waals surface area contributed by atoms with Crippen molar-refractivity contribution in [2.24, 2.45) is 10.9 Å². The van der Waals surface area contributed by atoms with Gasteiger partial charge in [0.1, 0.15) is 6.20 Å². The van der Waals surface area contributed by atoms with Crippen LogP contribution in [0.5, 0.6) is 5.88 Å². The first-order valence-electron chi connectivity index (χ1n) is 5.10. The van der Waals surface area contributed by atoms with E-state index < -0.39 is 0 Å². The molecule has 17 heavy (non-hydrogen) atoms. The Labute approximate surface area is 106 Å². The lowest BCUT2D eigenvalue weighted by atomic mass is 10.0. The minimum Gasteiger partial charge on any atom is -1.00 e. The van der Waals surface area contributed by atoms with E-state index in [1.54, 1.807) is 44.5 Å². The third-order valence-electron chi connectivity index (χ3n) is 2.60. The smallest absolute Gasteiger partial charge is 0.374 e. The molecular formula is C12H13ClN2O2. The van der Waals surface area contributed by atoms with Crippen molar-refractivity contribution < 1.29 is 26.9 Å². The lowest BCUT2D eigenvalue weighted by molar-refractivity contribution is -0.563. The highest BCUT2D eigenvalue weighted by Crippen LogP contribution is 2.11. The Hall–Kier alpha value is -1.68. The Morgan fingerprint density at radius 2 is 2.18 bits per heavy atom. The van der Waals surface area contributed by atoms with Crippen LogP contribution < -0.4 is 17.0 Å². The second-order valence-corrected chi connectivity index (χ2v) is 3.83. The van der Waals surface area contributed by atoms with E-state index in [2.05, 4.69) is 4.99 Å². The van der Waals surface area contributed by atoms with Crippen LogP contribution in [0, 0.1) is 12.8 Å². The van der Waals surface area contributed by atoms with Crippen LogP contribution in [0.15, 0.2) is 35.6 Å². The molecule has 0 amide bonds. The van der Waals surface area contributed by atoms with Gasteiger partial charge in [0.15, 0.2) is 0 Å². The van der Waals surface area contributed by atoms with Gasteiger partial charge in [0.2, 0.25) is 0 Å². The number of halogens is 1. The summed E-state index contributed by atoms with van der Waals surface area (Å²) in [6.45, 7) is 3.58. The third kappa shape index (κ3) is 2.36. The van der Waals surface area contributed by atoms with Gasteiger partial charge in [0, 0.05) is 11.5 Å². The first-order valence-corrected chi connectivity index (χ1v) is 5.10. The summed E-state index contributed by atoms with van der Waals surface area (Å²) < 4.78 is 1.41. The maximum atomic E-state index is 11.9. The van der Waals surface area contributed by atoms with E-state index in [-0.39, 0.29) is 35.8 Å². The number of hydrogen-bond acceptors (Lipinski definition) is 3. The summed E-state index contributed by atoms with van der Waals surface area (Å²) >= 11 is 0. The minimum absolute atomic E-state index is 0. The number of carbonyl (C=O) groups excluding carboxylic acids is 1. The number of nitrogens with zero attached hydrogens (tertiary/aromatic N) is 2. The average Bonchev–Trinajstić information content (AvgIpc) is 2.27. The van der Waals surface area contributed by atoms with Crippen LogP contribution in [0.3, 0.4) is 0 Å². The number of aromatic nitrogens is 1. The Morgan fingerprint density at radius 3 is 2.88 bits per heavy atom. The molecule has 1 atom stereocenters. The van der Waals surface area contributed by atoms with E-state index >= 15 is 0 Å². The van der Waals surface area contributed by atoms with E-state index in [4.69, 9.17) is 0 Å². The van der Waals surface area contributed by atoms with E-state index in [1.165, 1.54) is 4.57 Å². The van der Waals surface area contributed by atoms with E-state index in [1.807, 2.05) is 0 Å². The SMILES string of the molecule is Cc1ccc[n+](C2=NC=CC(C)C2=O)c1O.[Cl-].